The van der Waals surface area contributed by atoms with E-state index in [0.29, 0.717) is 23.3 Å². The molecule has 0 radical (unpaired) electrons. The van der Waals surface area contributed by atoms with E-state index in [4.69, 9.17) is 0 Å². The smallest absolute Gasteiger partial charge is 0.274 e. The SMILES string of the molecule is CNc1cnc(C(=O)N2CCCC2C2CCN(C(=O)C3CCCCC3)C2)cn1. The number of carbonyl (C=O) groups excluding carboxylic acids is 2. The van der Waals surface area contributed by atoms with Gasteiger partial charge >= 0.3 is 0 Å². The average molecular weight is 386 g/mol. The highest BCUT2D eigenvalue weighted by Gasteiger charge is 2.40. The predicted molar refractivity (Wildman–Crippen MR) is 107 cm³/mol. The van der Waals surface area contributed by atoms with Crippen LogP contribution in [0.2, 0.25) is 0 Å². The fourth-order valence-electron chi connectivity index (χ4n) is 5.16. The number of nitrogens with one attached hydrogen (secondary N) is 1. The van der Waals surface area contributed by atoms with Gasteiger partial charge in [-0.05, 0) is 38.0 Å². The molecular formula is C21H31N5O2. The van der Waals surface area contributed by atoms with Crippen molar-refractivity contribution >= 4 is 17.6 Å². The molecule has 0 bridgehead atoms. The molecule has 2 amide bonds. The van der Waals surface area contributed by atoms with Gasteiger partial charge in [-0.25, -0.2) is 9.97 Å². The summed E-state index contributed by atoms with van der Waals surface area (Å²) in [5.41, 5.74) is 0.402. The van der Waals surface area contributed by atoms with Crippen molar-refractivity contribution < 1.29 is 9.59 Å². The van der Waals surface area contributed by atoms with Crippen molar-refractivity contribution in [3.05, 3.63) is 18.1 Å². The molecule has 0 spiro atoms. The van der Waals surface area contributed by atoms with E-state index in [2.05, 4.69) is 20.2 Å². The van der Waals surface area contributed by atoms with Crippen molar-refractivity contribution in [3.63, 3.8) is 0 Å². The van der Waals surface area contributed by atoms with E-state index in [1.807, 2.05) is 4.90 Å². The first kappa shape index (κ1) is 19.2. The highest BCUT2D eigenvalue weighted by molar-refractivity contribution is 5.92. The number of hydrogen-bond donors (Lipinski definition) is 1. The van der Waals surface area contributed by atoms with E-state index >= 15 is 0 Å². The summed E-state index contributed by atoms with van der Waals surface area (Å²) in [6, 6.07) is 0.211. The van der Waals surface area contributed by atoms with Crippen LogP contribution >= 0.6 is 0 Å². The Morgan fingerprint density at radius 2 is 1.82 bits per heavy atom. The molecule has 2 saturated heterocycles. The zero-order valence-electron chi connectivity index (χ0n) is 16.8. The van der Waals surface area contributed by atoms with Crippen molar-refractivity contribution in [1.82, 2.24) is 19.8 Å². The first-order chi connectivity index (χ1) is 13.7. The van der Waals surface area contributed by atoms with Gasteiger partial charge in [0, 0.05) is 38.6 Å². The van der Waals surface area contributed by atoms with Gasteiger partial charge in [-0.1, -0.05) is 19.3 Å². The Kier molecular flexibility index (Phi) is 5.78. The minimum absolute atomic E-state index is 0.0327. The standard InChI is InChI=1S/C21H31N5O2/c1-22-19-13-23-17(12-24-19)21(28)26-10-5-8-18(26)16-9-11-25(14-16)20(27)15-6-3-2-4-7-15/h12-13,15-16,18H,2-11,14H2,1H3,(H,22,24). The third kappa shape index (κ3) is 3.84. The van der Waals surface area contributed by atoms with Gasteiger partial charge in [0.15, 0.2) is 0 Å². The Balaban J connectivity index is 1.39. The van der Waals surface area contributed by atoms with E-state index in [9.17, 15) is 9.59 Å². The van der Waals surface area contributed by atoms with Gasteiger partial charge in [0.2, 0.25) is 5.91 Å². The number of aromatic nitrogens is 2. The van der Waals surface area contributed by atoms with E-state index in [1.54, 1.807) is 19.4 Å². The Morgan fingerprint density at radius 1 is 1.00 bits per heavy atom. The third-order valence-electron chi connectivity index (χ3n) is 6.72. The molecule has 1 N–H and O–H groups in total. The van der Waals surface area contributed by atoms with Gasteiger partial charge in [0.05, 0.1) is 12.4 Å². The summed E-state index contributed by atoms with van der Waals surface area (Å²) >= 11 is 0. The highest BCUT2D eigenvalue weighted by Crippen LogP contribution is 2.33. The molecule has 28 heavy (non-hydrogen) atoms. The minimum Gasteiger partial charge on any atom is -0.372 e. The normalized spacial score (nSPS) is 25.9. The largest absolute Gasteiger partial charge is 0.372 e. The summed E-state index contributed by atoms with van der Waals surface area (Å²) in [4.78, 5) is 38.4. The van der Waals surface area contributed by atoms with Crippen LogP contribution in [-0.4, -0.2) is 64.3 Å². The van der Waals surface area contributed by atoms with Crippen molar-refractivity contribution in [2.75, 3.05) is 32.0 Å². The molecule has 152 valence electrons. The van der Waals surface area contributed by atoms with Crippen LogP contribution in [0, 0.1) is 11.8 Å². The lowest BCUT2D eigenvalue weighted by molar-refractivity contribution is -0.135. The number of nitrogens with zero attached hydrogens (tertiary/aromatic N) is 4. The molecule has 1 aliphatic carbocycles. The monoisotopic (exact) mass is 385 g/mol. The Hall–Kier alpha value is -2.18. The molecule has 3 aliphatic rings. The van der Waals surface area contributed by atoms with Crippen LogP contribution in [0.5, 0.6) is 0 Å². The number of rotatable bonds is 4. The van der Waals surface area contributed by atoms with Crippen molar-refractivity contribution in [1.29, 1.82) is 0 Å². The number of likely N-dealkylation sites (tertiary alicyclic amines) is 2. The van der Waals surface area contributed by atoms with Crippen molar-refractivity contribution in [2.24, 2.45) is 11.8 Å². The second-order valence-corrected chi connectivity index (χ2v) is 8.41. The Morgan fingerprint density at radius 3 is 2.54 bits per heavy atom. The van der Waals surface area contributed by atoms with Gasteiger partial charge in [0.25, 0.3) is 5.91 Å². The van der Waals surface area contributed by atoms with Gasteiger partial charge in [-0.3, -0.25) is 9.59 Å². The molecule has 1 aromatic heterocycles. The zero-order chi connectivity index (χ0) is 19.5. The Bertz CT molecular complexity index is 701. The van der Waals surface area contributed by atoms with E-state index in [-0.39, 0.29) is 17.9 Å². The predicted octanol–water partition coefficient (Wildman–Crippen LogP) is 2.55. The number of anilines is 1. The summed E-state index contributed by atoms with van der Waals surface area (Å²) in [5, 5.41) is 2.92. The maximum absolute atomic E-state index is 13.0. The van der Waals surface area contributed by atoms with Gasteiger partial charge in [-0.15, -0.1) is 0 Å². The average Bonchev–Trinajstić information content (AvgIpc) is 3.43. The molecule has 2 unspecified atom stereocenters. The number of amides is 2. The second kappa shape index (κ2) is 8.45. The molecule has 1 aromatic rings. The fraction of sp³-hybridized carbons (Fsp3) is 0.714. The lowest BCUT2D eigenvalue weighted by Crippen LogP contribution is -2.42. The lowest BCUT2D eigenvalue weighted by Gasteiger charge is -2.30. The first-order valence-corrected chi connectivity index (χ1v) is 10.8. The quantitative estimate of drug-likeness (QED) is 0.862. The maximum Gasteiger partial charge on any atom is 0.274 e. The molecule has 7 heteroatoms. The molecule has 1 saturated carbocycles. The van der Waals surface area contributed by atoms with Crippen LogP contribution in [0.3, 0.4) is 0 Å². The summed E-state index contributed by atoms with van der Waals surface area (Å²) < 4.78 is 0. The minimum atomic E-state index is -0.0327. The topological polar surface area (TPSA) is 78.4 Å². The van der Waals surface area contributed by atoms with Gasteiger partial charge < -0.3 is 15.1 Å². The molecule has 0 aromatic carbocycles. The molecule has 3 fully saturated rings. The van der Waals surface area contributed by atoms with Crippen LogP contribution in [0.15, 0.2) is 12.4 Å². The fourth-order valence-corrected chi connectivity index (χ4v) is 5.16. The second-order valence-electron chi connectivity index (χ2n) is 8.41. The van der Waals surface area contributed by atoms with Gasteiger partial charge in [-0.2, -0.15) is 0 Å². The van der Waals surface area contributed by atoms with E-state index in [0.717, 1.165) is 51.7 Å². The van der Waals surface area contributed by atoms with E-state index in [1.165, 1.54) is 19.3 Å². The van der Waals surface area contributed by atoms with Crippen LogP contribution in [0.25, 0.3) is 0 Å². The maximum atomic E-state index is 13.0. The Labute approximate surface area is 166 Å². The van der Waals surface area contributed by atoms with Crippen LogP contribution in [0.4, 0.5) is 5.82 Å². The van der Waals surface area contributed by atoms with Crippen molar-refractivity contribution in [3.8, 4) is 0 Å². The molecule has 2 aliphatic heterocycles. The summed E-state index contributed by atoms with van der Waals surface area (Å²) in [6.45, 7) is 2.41. The number of carbonyl (C=O) groups is 2. The highest BCUT2D eigenvalue weighted by atomic mass is 16.2. The lowest BCUT2D eigenvalue weighted by atomic mass is 9.88. The number of hydrogen-bond acceptors (Lipinski definition) is 5. The van der Waals surface area contributed by atoms with Gasteiger partial charge in [0.1, 0.15) is 11.5 Å². The molecular weight excluding hydrogens is 354 g/mol. The molecule has 4 rings (SSSR count). The van der Waals surface area contributed by atoms with E-state index < -0.39 is 0 Å². The molecule has 7 nitrogen and oxygen atoms in total. The van der Waals surface area contributed by atoms with Crippen LogP contribution < -0.4 is 5.32 Å². The summed E-state index contributed by atoms with van der Waals surface area (Å²) in [5.74, 6) is 1.58. The zero-order valence-corrected chi connectivity index (χ0v) is 16.8. The van der Waals surface area contributed by atoms with Crippen LogP contribution in [0.1, 0.15) is 61.9 Å². The summed E-state index contributed by atoms with van der Waals surface area (Å²) in [6.07, 6.45) is 11.9. The summed E-state index contributed by atoms with van der Waals surface area (Å²) in [7, 11) is 1.78. The first-order valence-electron chi connectivity index (χ1n) is 10.8. The van der Waals surface area contributed by atoms with Crippen molar-refractivity contribution in [2.45, 2.75) is 57.4 Å². The third-order valence-corrected chi connectivity index (χ3v) is 6.72. The van der Waals surface area contributed by atoms with Crippen LogP contribution in [-0.2, 0) is 4.79 Å². The molecule has 2 atom stereocenters. The molecule has 3 heterocycles.